The lowest BCUT2D eigenvalue weighted by molar-refractivity contribution is -0.133. The standard InChI is InChI=1S/C16H25N3O/c1-13(14-7-4-3-5-8-14)18(2)16(20)12-19-10-6-9-15(17)11-19/h3-5,7-8,13,15H,6,9-12,17H2,1-2H3/t13?,15-/m1/s1. The van der Waals surface area contributed by atoms with Gasteiger partial charge < -0.3 is 10.6 Å². The predicted molar refractivity (Wildman–Crippen MR) is 81.3 cm³/mol. The van der Waals surface area contributed by atoms with Gasteiger partial charge in [0.25, 0.3) is 0 Å². The molecule has 1 aromatic carbocycles. The van der Waals surface area contributed by atoms with Crippen molar-refractivity contribution in [3.63, 3.8) is 0 Å². The van der Waals surface area contributed by atoms with Crippen molar-refractivity contribution >= 4 is 5.91 Å². The molecule has 110 valence electrons. The first-order chi connectivity index (χ1) is 9.58. The van der Waals surface area contributed by atoms with Crippen LogP contribution in [0.15, 0.2) is 30.3 Å². The first kappa shape index (κ1) is 15.0. The van der Waals surface area contributed by atoms with Crippen molar-refractivity contribution in [1.82, 2.24) is 9.80 Å². The summed E-state index contributed by atoms with van der Waals surface area (Å²) in [6.45, 7) is 4.35. The molecule has 4 heteroatoms. The number of nitrogens with two attached hydrogens (primary N) is 1. The Bertz CT molecular complexity index is 435. The molecule has 4 nitrogen and oxygen atoms in total. The van der Waals surface area contributed by atoms with Gasteiger partial charge in [-0.05, 0) is 31.9 Å². The number of likely N-dealkylation sites (N-methyl/N-ethyl adjacent to an activating group) is 1. The number of likely N-dealkylation sites (tertiary alicyclic amines) is 1. The predicted octanol–water partition coefficient (Wildman–Crippen LogP) is 1.63. The van der Waals surface area contributed by atoms with E-state index >= 15 is 0 Å². The molecule has 20 heavy (non-hydrogen) atoms. The van der Waals surface area contributed by atoms with Crippen LogP contribution in [0.2, 0.25) is 0 Å². The maximum atomic E-state index is 12.4. The summed E-state index contributed by atoms with van der Waals surface area (Å²) in [6.07, 6.45) is 2.16. The number of amides is 1. The number of hydrogen-bond donors (Lipinski definition) is 1. The summed E-state index contributed by atoms with van der Waals surface area (Å²) in [6, 6.07) is 10.4. The van der Waals surface area contributed by atoms with Gasteiger partial charge in [-0.25, -0.2) is 0 Å². The summed E-state index contributed by atoms with van der Waals surface area (Å²) in [5.74, 6) is 0.162. The number of benzene rings is 1. The van der Waals surface area contributed by atoms with E-state index in [1.54, 1.807) is 0 Å². The van der Waals surface area contributed by atoms with Crippen LogP contribution in [0, 0.1) is 0 Å². The van der Waals surface area contributed by atoms with E-state index in [1.807, 2.05) is 30.1 Å². The molecule has 0 aromatic heterocycles. The van der Waals surface area contributed by atoms with Gasteiger partial charge in [0, 0.05) is 19.6 Å². The van der Waals surface area contributed by atoms with Crippen LogP contribution in [-0.4, -0.2) is 48.4 Å². The second kappa shape index (κ2) is 6.86. The molecular weight excluding hydrogens is 250 g/mol. The third-order valence-electron chi connectivity index (χ3n) is 4.16. The van der Waals surface area contributed by atoms with E-state index in [1.165, 1.54) is 5.56 Å². The molecule has 1 aliphatic heterocycles. The molecule has 2 atom stereocenters. The molecule has 1 aromatic rings. The third kappa shape index (κ3) is 3.81. The highest BCUT2D eigenvalue weighted by Crippen LogP contribution is 2.18. The maximum absolute atomic E-state index is 12.4. The van der Waals surface area contributed by atoms with Gasteiger partial charge in [0.2, 0.25) is 5.91 Å². The molecule has 0 bridgehead atoms. The fourth-order valence-electron chi connectivity index (χ4n) is 2.71. The van der Waals surface area contributed by atoms with Gasteiger partial charge in [0.1, 0.15) is 0 Å². The Labute approximate surface area is 121 Å². The van der Waals surface area contributed by atoms with Gasteiger partial charge in [-0.3, -0.25) is 9.69 Å². The van der Waals surface area contributed by atoms with Crippen LogP contribution in [-0.2, 0) is 4.79 Å². The Morgan fingerprint density at radius 3 is 2.80 bits per heavy atom. The highest BCUT2D eigenvalue weighted by atomic mass is 16.2. The summed E-state index contributed by atoms with van der Waals surface area (Å²) >= 11 is 0. The average molecular weight is 275 g/mol. The lowest BCUT2D eigenvalue weighted by atomic mass is 10.1. The molecule has 1 amide bonds. The van der Waals surface area contributed by atoms with Crippen molar-refractivity contribution in [2.45, 2.75) is 31.8 Å². The minimum atomic E-state index is 0.0992. The average Bonchev–Trinajstić information content (AvgIpc) is 2.46. The van der Waals surface area contributed by atoms with Crippen molar-refractivity contribution in [2.24, 2.45) is 5.73 Å². The molecule has 0 spiro atoms. The largest absolute Gasteiger partial charge is 0.338 e. The Morgan fingerprint density at radius 2 is 2.15 bits per heavy atom. The molecule has 2 N–H and O–H groups in total. The molecule has 2 rings (SSSR count). The summed E-state index contributed by atoms with van der Waals surface area (Å²) in [5.41, 5.74) is 7.13. The number of hydrogen-bond acceptors (Lipinski definition) is 3. The Hall–Kier alpha value is -1.39. The summed E-state index contributed by atoms with van der Waals surface area (Å²) in [7, 11) is 1.88. The molecule has 0 radical (unpaired) electrons. The van der Waals surface area contributed by atoms with E-state index in [4.69, 9.17) is 5.73 Å². The van der Waals surface area contributed by atoms with E-state index in [-0.39, 0.29) is 18.0 Å². The fourth-order valence-corrected chi connectivity index (χ4v) is 2.71. The van der Waals surface area contributed by atoms with Gasteiger partial charge in [-0.2, -0.15) is 0 Å². The molecule has 0 saturated carbocycles. The lowest BCUT2D eigenvalue weighted by Gasteiger charge is -2.33. The number of carbonyl (C=O) groups is 1. The molecule has 1 unspecified atom stereocenters. The highest BCUT2D eigenvalue weighted by Gasteiger charge is 2.22. The Morgan fingerprint density at radius 1 is 1.45 bits per heavy atom. The third-order valence-corrected chi connectivity index (χ3v) is 4.16. The minimum Gasteiger partial charge on any atom is -0.338 e. The number of piperidine rings is 1. The summed E-state index contributed by atoms with van der Waals surface area (Å²) < 4.78 is 0. The van der Waals surface area contributed by atoms with Crippen LogP contribution in [0.1, 0.15) is 31.4 Å². The Balaban J connectivity index is 1.91. The summed E-state index contributed by atoms with van der Waals surface area (Å²) in [5, 5.41) is 0. The minimum absolute atomic E-state index is 0.0992. The van der Waals surface area contributed by atoms with Crippen molar-refractivity contribution in [2.75, 3.05) is 26.7 Å². The van der Waals surface area contributed by atoms with Crippen LogP contribution < -0.4 is 5.73 Å². The van der Waals surface area contributed by atoms with Gasteiger partial charge in [0.05, 0.1) is 12.6 Å². The smallest absolute Gasteiger partial charge is 0.236 e. The van der Waals surface area contributed by atoms with Gasteiger partial charge in [-0.15, -0.1) is 0 Å². The van der Waals surface area contributed by atoms with E-state index in [9.17, 15) is 4.79 Å². The first-order valence-corrected chi connectivity index (χ1v) is 7.36. The van der Waals surface area contributed by atoms with Crippen LogP contribution in [0.5, 0.6) is 0 Å². The quantitative estimate of drug-likeness (QED) is 0.908. The second-order valence-corrected chi connectivity index (χ2v) is 5.73. The van der Waals surface area contributed by atoms with E-state index < -0.39 is 0 Å². The van der Waals surface area contributed by atoms with Crippen LogP contribution in [0.25, 0.3) is 0 Å². The highest BCUT2D eigenvalue weighted by molar-refractivity contribution is 5.78. The van der Waals surface area contributed by atoms with Crippen molar-refractivity contribution < 1.29 is 4.79 Å². The zero-order valence-electron chi connectivity index (χ0n) is 12.5. The van der Waals surface area contributed by atoms with Gasteiger partial charge >= 0.3 is 0 Å². The SMILES string of the molecule is CC(c1ccccc1)N(C)C(=O)CN1CCC[C@@H](N)C1. The molecule has 1 fully saturated rings. The Kier molecular flexibility index (Phi) is 5.15. The molecular formula is C16H25N3O. The molecule has 1 saturated heterocycles. The zero-order chi connectivity index (χ0) is 14.5. The topological polar surface area (TPSA) is 49.6 Å². The molecule has 1 aliphatic rings. The van der Waals surface area contributed by atoms with Gasteiger partial charge in [0.15, 0.2) is 0 Å². The van der Waals surface area contributed by atoms with Crippen molar-refractivity contribution in [1.29, 1.82) is 0 Å². The summed E-state index contributed by atoms with van der Waals surface area (Å²) in [4.78, 5) is 16.4. The fraction of sp³-hybridized carbons (Fsp3) is 0.562. The van der Waals surface area contributed by atoms with E-state index in [2.05, 4.69) is 24.0 Å². The van der Waals surface area contributed by atoms with E-state index in [0.29, 0.717) is 6.54 Å². The number of nitrogens with zero attached hydrogens (tertiary/aromatic N) is 2. The second-order valence-electron chi connectivity index (χ2n) is 5.73. The molecule has 0 aliphatic carbocycles. The maximum Gasteiger partial charge on any atom is 0.236 e. The normalized spacial score (nSPS) is 21.4. The van der Waals surface area contributed by atoms with Crippen LogP contribution in [0.4, 0.5) is 0 Å². The number of rotatable bonds is 4. The van der Waals surface area contributed by atoms with Crippen LogP contribution >= 0.6 is 0 Å². The monoisotopic (exact) mass is 275 g/mol. The van der Waals surface area contributed by atoms with Crippen molar-refractivity contribution in [3.8, 4) is 0 Å². The van der Waals surface area contributed by atoms with Crippen LogP contribution in [0.3, 0.4) is 0 Å². The first-order valence-electron chi connectivity index (χ1n) is 7.36. The lowest BCUT2D eigenvalue weighted by Crippen LogP contribution is -2.47. The molecule has 1 heterocycles. The van der Waals surface area contributed by atoms with Gasteiger partial charge in [-0.1, -0.05) is 30.3 Å². The zero-order valence-corrected chi connectivity index (χ0v) is 12.5. The van der Waals surface area contributed by atoms with Crippen molar-refractivity contribution in [3.05, 3.63) is 35.9 Å². The van der Waals surface area contributed by atoms with E-state index in [0.717, 1.165) is 25.9 Å². The number of carbonyl (C=O) groups excluding carboxylic acids is 1.